The molecule has 8 bridgehead atoms. The van der Waals surface area contributed by atoms with Crippen LogP contribution in [-0.2, 0) is 36.8 Å². The molecule has 0 spiro atoms. The molecule has 6 rings (SSSR count). The van der Waals surface area contributed by atoms with E-state index in [9.17, 15) is 4.79 Å². The lowest BCUT2D eigenvalue weighted by atomic mass is 10.0. The van der Waals surface area contributed by atoms with Crippen LogP contribution < -0.4 is 4.74 Å². The molecule has 0 unspecified atom stereocenters. The van der Waals surface area contributed by atoms with Crippen LogP contribution in [0.4, 0.5) is 4.39 Å². The van der Waals surface area contributed by atoms with E-state index in [-0.39, 0.29) is 5.82 Å². The van der Waals surface area contributed by atoms with Crippen molar-refractivity contribution in [3.63, 3.8) is 0 Å². The van der Waals surface area contributed by atoms with E-state index in [1.165, 1.54) is 13.2 Å². The van der Waals surface area contributed by atoms with Gasteiger partial charge in [-0.15, -0.1) is 23.5 Å². The minimum Gasteiger partial charge on any atom is -0.493 e. The number of esters is 1. The summed E-state index contributed by atoms with van der Waals surface area (Å²) >= 11 is 3.49. The molecule has 3 heterocycles. The highest BCUT2D eigenvalue weighted by atomic mass is 32.2. The van der Waals surface area contributed by atoms with Crippen LogP contribution in [0.2, 0.25) is 0 Å². The predicted octanol–water partition coefficient (Wildman–Crippen LogP) is 7.82. The smallest absolute Gasteiger partial charge is 0.354 e. The second kappa shape index (κ2) is 14.3. The molecule has 0 radical (unpaired) electrons. The molecule has 0 saturated heterocycles. The Balaban J connectivity index is 1.39. The highest BCUT2D eigenvalue weighted by Gasteiger charge is 2.24. The van der Waals surface area contributed by atoms with E-state index in [4.69, 9.17) is 14.6 Å². The minimum absolute atomic E-state index is 0.377. The van der Waals surface area contributed by atoms with Crippen LogP contribution in [0, 0.1) is 5.82 Å². The Hall–Kier alpha value is -4.22. The number of ether oxygens (including phenoxy) is 2. The number of aryl methyl sites for hydroxylation is 3. The van der Waals surface area contributed by atoms with Crippen molar-refractivity contribution in [1.82, 2.24) is 19.4 Å². The van der Waals surface area contributed by atoms with E-state index in [0.717, 1.165) is 61.0 Å². The van der Waals surface area contributed by atoms with Crippen LogP contribution in [-0.4, -0.2) is 58.1 Å². The molecule has 0 atom stereocenters. The number of methoxy groups -OCH3 is 1. The first-order valence-electron chi connectivity index (χ1n) is 15.5. The number of carbonyl (C=O) groups is 1. The molecule has 0 fully saturated rings. The lowest BCUT2D eigenvalue weighted by molar-refractivity contribution is 0.0589. The lowest BCUT2D eigenvalue weighted by Gasteiger charge is -2.14. The van der Waals surface area contributed by atoms with E-state index in [2.05, 4.69) is 35.4 Å². The molecule has 2 aromatic heterocycles. The Morgan fingerprint density at radius 1 is 1.04 bits per heavy atom. The Morgan fingerprint density at radius 3 is 2.70 bits per heavy atom. The topological polar surface area (TPSA) is 73.9 Å². The molecule has 0 amide bonds. The summed E-state index contributed by atoms with van der Waals surface area (Å²) in [4.78, 5) is 14.2. The first kappa shape index (κ1) is 32.7. The number of halogens is 1. The lowest BCUT2D eigenvalue weighted by Crippen LogP contribution is -2.11. The van der Waals surface area contributed by atoms with Crippen molar-refractivity contribution in [2.75, 3.05) is 26.5 Å². The summed E-state index contributed by atoms with van der Waals surface area (Å²) in [5.41, 5.74) is 5.19. The Kier molecular flexibility index (Phi) is 9.93. The van der Waals surface area contributed by atoms with Crippen molar-refractivity contribution in [3.8, 4) is 5.75 Å². The van der Waals surface area contributed by atoms with Crippen LogP contribution in [0.25, 0.3) is 27.8 Å². The van der Waals surface area contributed by atoms with Crippen molar-refractivity contribution in [1.29, 1.82) is 0 Å². The van der Waals surface area contributed by atoms with Gasteiger partial charge < -0.3 is 14.0 Å². The molecule has 1 aliphatic heterocycles. The number of fused-ring (bicyclic) bond motifs is 6. The number of thioether (sulfide) groups is 2. The first-order chi connectivity index (χ1) is 22.7. The highest BCUT2D eigenvalue weighted by Crippen LogP contribution is 2.35. The largest absolute Gasteiger partial charge is 0.493 e. The molecule has 0 aliphatic carbocycles. The molecular formula is C36H38FN5O3S2. The molecule has 8 nitrogen and oxygen atoms in total. The van der Waals surface area contributed by atoms with E-state index in [0.29, 0.717) is 42.0 Å². The fourth-order valence-corrected chi connectivity index (χ4v) is 7.59. The summed E-state index contributed by atoms with van der Waals surface area (Å²) in [5.74, 6) is 2.24. The molecule has 3 aromatic carbocycles. The number of benzene rings is 3. The molecule has 5 aromatic rings. The van der Waals surface area contributed by atoms with E-state index >= 15 is 4.39 Å². The van der Waals surface area contributed by atoms with E-state index in [1.807, 2.05) is 44.0 Å². The number of rotatable bonds is 1. The summed E-state index contributed by atoms with van der Waals surface area (Å²) in [7, 11) is 6.98. The standard InChI is InChI=1S/C36H38FN5O3S2/c1-23-17-31-32(37)13-12-30-29(35(36(43)44-5)40(2)34(30)31)11-8-15-45-33-20-27(18-24-9-6-7-10-28(24)33)47-22-26-19-25(39-42(26)4)21-46-16-14-38-41(23)3/h6-7,9-10,12-14,17-20H,8,11,15-16,21-22H2,1-5H3/b23-17+,38-14+. The monoisotopic (exact) mass is 671 g/mol. The van der Waals surface area contributed by atoms with Crippen LogP contribution in [0.3, 0.4) is 0 Å². The Morgan fingerprint density at radius 2 is 1.87 bits per heavy atom. The fourth-order valence-electron chi connectivity index (χ4n) is 5.96. The minimum atomic E-state index is -0.459. The number of hydrazone groups is 1. The van der Waals surface area contributed by atoms with E-state index in [1.54, 1.807) is 52.3 Å². The molecule has 1 aliphatic rings. The second-order valence-corrected chi connectivity index (χ2v) is 13.6. The first-order valence-corrected chi connectivity index (χ1v) is 17.6. The summed E-state index contributed by atoms with van der Waals surface area (Å²) in [5, 5.41) is 14.0. The number of allylic oxidation sites excluding steroid dienone is 1. The van der Waals surface area contributed by atoms with E-state index < -0.39 is 5.97 Å². The maximum Gasteiger partial charge on any atom is 0.354 e. The van der Waals surface area contributed by atoms with Gasteiger partial charge in [0.1, 0.15) is 17.3 Å². The maximum atomic E-state index is 15.5. The van der Waals surface area contributed by atoms with Crippen molar-refractivity contribution >= 4 is 63.5 Å². The molecule has 11 heteroatoms. The molecular weight excluding hydrogens is 634 g/mol. The third kappa shape index (κ3) is 6.92. The number of aromatic nitrogens is 3. The van der Waals surface area contributed by atoms with Gasteiger partial charge in [0.2, 0.25) is 0 Å². The Labute approximate surface area is 282 Å². The van der Waals surface area contributed by atoms with Gasteiger partial charge in [-0.25, -0.2) is 9.18 Å². The highest BCUT2D eigenvalue weighted by molar-refractivity contribution is 7.99. The number of hydrogen-bond donors (Lipinski definition) is 0. The van der Waals surface area contributed by atoms with Crippen LogP contribution in [0.5, 0.6) is 5.75 Å². The van der Waals surface area contributed by atoms with Gasteiger partial charge in [0.05, 0.1) is 24.9 Å². The third-order valence-corrected chi connectivity index (χ3v) is 10.3. The maximum absolute atomic E-state index is 15.5. The number of nitrogens with zero attached hydrogens (tertiary/aromatic N) is 5. The van der Waals surface area contributed by atoms with Gasteiger partial charge in [-0.3, -0.25) is 9.69 Å². The average Bonchev–Trinajstić information content (AvgIpc) is 3.57. The van der Waals surface area contributed by atoms with Gasteiger partial charge >= 0.3 is 5.97 Å². The van der Waals surface area contributed by atoms with Gasteiger partial charge in [0.25, 0.3) is 0 Å². The summed E-state index contributed by atoms with van der Waals surface area (Å²) < 4.78 is 30.8. The molecule has 0 N–H and O–H groups in total. The van der Waals surface area contributed by atoms with Gasteiger partial charge in [-0.05, 0) is 67.1 Å². The normalized spacial score (nSPS) is 16.8. The van der Waals surface area contributed by atoms with Crippen molar-refractivity contribution in [2.45, 2.75) is 36.2 Å². The average molecular weight is 672 g/mol. The Bertz CT molecular complexity index is 2020. The zero-order valence-corrected chi connectivity index (χ0v) is 28.9. The quantitative estimate of drug-likeness (QED) is 0.168. The fraction of sp³-hybridized carbons (Fsp3) is 0.306. The van der Waals surface area contributed by atoms with Crippen molar-refractivity contribution < 1.29 is 18.7 Å². The number of carbonyl (C=O) groups excluding carboxylic acids is 1. The summed E-state index contributed by atoms with van der Waals surface area (Å²) in [6, 6.07) is 17.9. The van der Waals surface area contributed by atoms with Gasteiger partial charge in [0.15, 0.2) is 0 Å². The predicted molar refractivity (Wildman–Crippen MR) is 191 cm³/mol. The summed E-state index contributed by atoms with van der Waals surface area (Å²) in [6.07, 6.45) is 4.82. The molecule has 47 heavy (non-hydrogen) atoms. The van der Waals surface area contributed by atoms with Crippen LogP contribution in [0.1, 0.15) is 46.3 Å². The van der Waals surface area contributed by atoms with Gasteiger partial charge in [0, 0.05) is 77.2 Å². The molecule has 0 saturated carbocycles. The van der Waals surface area contributed by atoms with Crippen LogP contribution in [0.15, 0.2) is 70.3 Å². The zero-order chi connectivity index (χ0) is 33.1. The van der Waals surface area contributed by atoms with Crippen LogP contribution >= 0.6 is 23.5 Å². The van der Waals surface area contributed by atoms with Gasteiger partial charge in [-0.1, -0.05) is 24.3 Å². The SMILES string of the molecule is COC(=O)c1c2c3ccc(F)c(c3n1C)/C=C(\C)N(C)/N=C/CSCc1cc(n(C)n1)CSc1cc(c3ccccc3c1)OCCC2. The van der Waals surface area contributed by atoms with Gasteiger partial charge in [-0.2, -0.15) is 10.2 Å². The van der Waals surface area contributed by atoms with Crippen molar-refractivity contribution in [2.24, 2.45) is 19.2 Å². The zero-order valence-electron chi connectivity index (χ0n) is 27.2. The third-order valence-electron chi connectivity index (χ3n) is 8.43. The van der Waals surface area contributed by atoms with Crippen molar-refractivity contribution in [3.05, 3.63) is 94.3 Å². The second-order valence-electron chi connectivity index (χ2n) is 11.5. The number of hydrogen-bond acceptors (Lipinski definition) is 8. The molecule has 244 valence electrons. The summed E-state index contributed by atoms with van der Waals surface area (Å²) in [6.45, 7) is 2.33.